The summed E-state index contributed by atoms with van der Waals surface area (Å²) in [5.74, 6) is 0.316. The van der Waals surface area contributed by atoms with Crippen LogP contribution in [0.4, 0.5) is 0 Å². The van der Waals surface area contributed by atoms with Crippen molar-refractivity contribution >= 4 is 0 Å². The summed E-state index contributed by atoms with van der Waals surface area (Å²) >= 11 is 0. The van der Waals surface area contributed by atoms with Crippen molar-refractivity contribution in [2.24, 2.45) is 0 Å². The van der Waals surface area contributed by atoms with Gasteiger partial charge in [0.2, 0.25) is 0 Å². The first-order chi connectivity index (χ1) is 7.34. The van der Waals surface area contributed by atoms with Crippen LogP contribution in [0.15, 0.2) is 54.6 Å². The standard InChI is InChI=1S/C14H13O/c15-14-8-4-7-13(11-14)10-9-12-5-2-1-3-6-12/h1-8,10-11,15H,9H2. The molecule has 75 valence electrons. The van der Waals surface area contributed by atoms with E-state index in [0.717, 1.165) is 12.0 Å². The van der Waals surface area contributed by atoms with Crippen LogP contribution in [0.1, 0.15) is 11.1 Å². The fourth-order valence-corrected chi connectivity index (χ4v) is 1.50. The summed E-state index contributed by atoms with van der Waals surface area (Å²) in [6.45, 7) is 0. The Balaban J connectivity index is 1.99. The van der Waals surface area contributed by atoms with E-state index < -0.39 is 0 Å². The summed E-state index contributed by atoms with van der Waals surface area (Å²) in [4.78, 5) is 0. The van der Waals surface area contributed by atoms with Crippen molar-refractivity contribution in [3.63, 3.8) is 0 Å². The van der Waals surface area contributed by atoms with Gasteiger partial charge in [-0.3, -0.25) is 0 Å². The van der Waals surface area contributed by atoms with Gasteiger partial charge in [0, 0.05) is 0 Å². The van der Waals surface area contributed by atoms with Crippen molar-refractivity contribution in [1.29, 1.82) is 0 Å². The zero-order valence-corrected chi connectivity index (χ0v) is 8.43. The summed E-state index contributed by atoms with van der Waals surface area (Å²) in [7, 11) is 0. The monoisotopic (exact) mass is 197 g/mol. The van der Waals surface area contributed by atoms with Gasteiger partial charge < -0.3 is 5.11 Å². The lowest BCUT2D eigenvalue weighted by Crippen LogP contribution is -1.87. The van der Waals surface area contributed by atoms with E-state index >= 15 is 0 Å². The van der Waals surface area contributed by atoms with Gasteiger partial charge >= 0.3 is 0 Å². The molecule has 0 spiro atoms. The van der Waals surface area contributed by atoms with Crippen LogP contribution in [0.3, 0.4) is 0 Å². The molecule has 0 saturated heterocycles. The van der Waals surface area contributed by atoms with E-state index in [1.54, 1.807) is 12.1 Å². The first kappa shape index (κ1) is 9.78. The van der Waals surface area contributed by atoms with Crippen LogP contribution >= 0.6 is 0 Å². The minimum absolute atomic E-state index is 0.316. The number of hydrogen-bond donors (Lipinski definition) is 1. The summed E-state index contributed by atoms with van der Waals surface area (Å²) < 4.78 is 0. The highest BCUT2D eigenvalue weighted by Crippen LogP contribution is 2.14. The lowest BCUT2D eigenvalue weighted by molar-refractivity contribution is 0.475. The number of hydrogen-bond acceptors (Lipinski definition) is 1. The topological polar surface area (TPSA) is 20.2 Å². The second-order valence-corrected chi connectivity index (χ2v) is 3.49. The van der Waals surface area contributed by atoms with Crippen molar-refractivity contribution in [3.05, 3.63) is 72.1 Å². The van der Waals surface area contributed by atoms with Gasteiger partial charge in [0.25, 0.3) is 0 Å². The molecule has 0 amide bonds. The molecular weight excluding hydrogens is 184 g/mol. The van der Waals surface area contributed by atoms with E-state index in [4.69, 9.17) is 0 Å². The van der Waals surface area contributed by atoms with E-state index in [1.165, 1.54) is 5.56 Å². The van der Waals surface area contributed by atoms with E-state index in [-0.39, 0.29) is 0 Å². The van der Waals surface area contributed by atoms with Crippen molar-refractivity contribution in [2.45, 2.75) is 6.42 Å². The molecule has 1 heteroatoms. The molecule has 2 rings (SSSR count). The second-order valence-electron chi connectivity index (χ2n) is 3.49. The van der Waals surface area contributed by atoms with Gasteiger partial charge in [0.05, 0.1) is 0 Å². The minimum Gasteiger partial charge on any atom is -0.508 e. The second kappa shape index (κ2) is 4.65. The molecular formula is C14H13O. The third kappa shape index (κ3) is 2.84. The SMILES string of the molecule is Oc1cccc([CH]Cc2ccccc2)c1. The average Bonchev–Trinajstić information content (AvgIpc) is 2.28. The Morgan fingerprint density at radius 1 is 0.933 bits per heavy atom. The van der Waals surface area contributed by atoms with Gasteiger partial charge in [0.1, 0.15) is 5.75 Å². The van der Waals surface area contributed by atoms with Crippen LogP contribution in [-0.2, 0) is 6.42 Å². The predicted octanol–water partition coefficient (Wildman–Crippen LogP) is 3.19. The van der Waals surface area contributed by atoms with E-state index in [0.29, 0.717) is 5.75 Å². The zero-order chi connectivity index (χ0) is 10.5. The molecule has 0 fully saturated rings. The average molecular weight is 197 g/mol. The van der Waals surface area contributed by atoms with E-state index in [2.05, 4.69) is 18.6 Å². The number of phenolic OH excluding ortho intramolecular Hbond substituents is 1. The molecule has 0 atom stereocenters. The predicted molar refractivity (Wildman–Crippen MR) is 61.7 cm³/mol. The summed E-state index contributed by atoms with van der Waals surface area (Å²) in [6, 6.07) is 17.6. The van der Waals surface area contributed by atoms with Crippen LogP contribution in [-0.4, -0.2) is 5.11 Å². The number of aromatic hydroxyl groups is 1. The zero-order valence-electron chi connectivity index (χ0n) is 8.43. The Morgan fingerprint density at radius 3 is 2.47 bits per heavy atom. The molecule has 2 aromatic rings. The van der Waals surface area contributed by atoms with E-state index in [9.17, 15) is 5.11 Å². The van der Waals surface area contributed by atoms with Gasteiger partial charge in [-0.1, -0.05) is 42.5 Å². The smallest absolute Gasteiger partial charge is 0.115 e. The molecule has 0 heterocycles. The van der Waals surface area contributed by atoms with Gasteiger partial charge in [-0.05, 0) is 36.1 Å². The molecule has 0 aromatic heterocycles. The van der Waals surface area contributed by atoms with Crippen molar-refractivity contribution in [3.8, 4) is 5.75 Å². The highest BCUT2D eigenvalue weighted by atomic mass is 16.3. The Hall–Kier alpha value is -1.76. The largest absolute Gasteiger partial charge is 0.508 e. The highest BCUT2D eigenvalue weighted by molar-refractivity contribution is 5.33. The number of phenols is 1. The van der Waals surface area contributed by atoms with Gasteiger partial charge in [-0.15, -0.1) is 0 Å². The Bertz CT molecular complexity index is 420. The van der Waals surface area contributed by atoms with Crippen LogP contribution < -0.4 is 0 Å². The van der Waals surface area contributed by atoms with Crippen molar-refractivity contribution < 1.29 is 5.11 Å². The Kier molecular flexibility index (Phi) is 3.03. The Labute approximate surface area is 90.0 Å². The fourth-order valence-electron chi connectivity index (χ4n) is 1.50. The minimum atomic E-state index is 0.316. The third-order valence-corrected chi connectivity index (χ3v) is 2.29. The summed E-state index contributed by atoms with van der Waals surface area (Å²) in [5, 5.41) is 9.29. The molecule has 1 N–H and O–H groups in total. The lowest BCUT2D eigenvalue weighted by atomic mass is 10.0. The van der Waals surface area contributed by atoms with Gasteiger partial charge in [0.15, 0.2) is 0 Å². The molecule has 0 saturated carbocycles. The Morgan fingerprint density at radius 2 is 1.73 bits per heavy atom. The van der Waals surface area contributed by atoms with E-state index in [1.807, 2.05) is 30.3 Å². The van der Waals surface area contributed by atoms with Crippen LogP contribution in [0, 0.1) is 6.42 Å². The lowest BCUT2D eigenvalue weighted by Gasteiger charge is -2.01. The first-order valence-electron chi connectivity index (χ1n) is 5.01. The normalized spacial score (nSPS) is 10.1. The molecule has 0 aliphatic rings. The van der Waals surface area contributed by atoms with Crippen LogP contribution in [0.2, 0.25) is 0 Å². The van der Waals surface area contributed by atoms with Crippen LogP contribution in [0.25, 0.3) is 0 Å². The maximum Gasteiger partial charge on any atom is 0.115 e. The molecule has 0 bridgehead atoms. The summed E-state index contributed by atoms with van der Waals surface area (Å²) in [6.07, 6.45) is 3.00. The fraction of sp³-hybridized carbons (Fsp3) is 0.0714. The summed E-state index contributed by atoms with van der Waals surface area (Å²) in [5.41, 5.74) is 2.33. The molecule has 15 heavy (non-hydrogen) atoms. The maximum absolute atomic E-state index is 9.29. The van der Waals surface area contributed by atoms with Crippen molar-refractivity contribution in [1.82, 2.24) is 0 Å². The molecule has 2 aromatic carbocycles. The quantitative estimate of drug-likeness (QED) is 0.801. The molecule has 0 aliphatic carbocycles. The van der Waals surface area contributed by atoms with Crippen LogP contribution in [0.5, 0.6) is 5.75 Å². The first-order valence-corrected chi connectivity index (χ1v) is 5.01. The van der Waals surface area contributed by atoms with Gasteiger partial charge in [-0.2, -0.15) is 0 Å². The molecule has 0 unspecified atom stereocenters. The van der Waals surface area contributed by atoms with Crippen molar-refractivity contribution in [2.75, 3.05) is 0 Å². The van der Waals surface area contributed by atoms with Gasteiger partial charge in [-0.25, -0.2) is 0 Å². The molecule has 0 aliphatic heterocycles. The number of benzene rings is 2. The maximum atomic E-state index is 9.29. The highest BCUT2D eigenvalue weighted by Gasteiger charge is 1.96. The molecule has 1 radical (unpaired) electrons. The number of rotatable bonds is 3. The molecule has 1 nitrogen and oxygen atoms in total. The third-order valence-electron chi connectivity index (χ3n) is 2.29.